The van der Waals surface area contributed by atoms with Gasteiger partial charge in [-0.05, 0) is 84.9 Å². The molecule has 0 saturated carbocycles. The Balaban J connectivity index is 1.02. The lowest BCUT2D eigenvalue weighted by Gasteiger charge is -2.22. The van der Waals surface area contributed by atoms with Crippen molar-refractivity contribution >= 4 is 49.4 Å². The molecule has 222 valence electrons. The maximum atomic E-state index is 13.0. The van der Waals surface area contributed by atoms with Crippen LogP contribution in [0.5, 0.6) is 0 Å². The highest BCUT2D eigenvalue weighted by atomic mass is 16.1. The zero-order chi connectivity index (χ0) is 29.9. The molecule has 2 fully saturated rings. The van der Waals surface area contributed by atoms with Gasteiger partial charge in [0.25, 0.3) is 0 Å². The Kier molecular flexibility index (Phi) is 6.28. The summed E-state index contributed by atoms with van der Waals surface area (Å²) in [4.78, 5) is 32.5. The molecule has 0 spiro atoms. The minimum atomic E-state index is 0.114. The standard InChI is InChI=1S/C38H34N6O/c45-34(23-6-2-1-3-7-23)22-44-19-5-9-33(44)38-41-31-17-13-27-21-25(11-15-29(27)36(31)43-38)24-10-14-28-26(20-24)12-16-30-35(28)42-37(40-30)32-8-4-18-39-32/h1-3,6-7,10-17,20-21,32-33,39H,4-5,8-9,18-19,22H2,(H,40,42)(H,41,43)/t32-,33-/m0/s1. The van der Waals surface area contributed by atoms with Crippen molar-refractivity contribution in [3.8, 4) is 11.1 Å². The number of nitrogens with one attached hydrogen (secondary N) is 3. The van der Waals surface area contributed by atoms with Crippen molar-refractivity contribution in [2.24, 2.45) is 0 Å². The summed E-state index contributed by atoms with van der Waals surface area (Å²) in [6.07, 6.45) is 4.38. The van der Waals surface area contributed by atoms with Crippen molar-refractivity contribution in [2.75, 3.05) is 19.6 Å². The van der Waals surface area contributed by atoms with Gasteiger partial charge in [0.1, 0.15) is 11.6 Å². The van der Waals surface area contributed by atoms with E-state index in [0.717, 1.165) is 82.4 Å². The summed E-state index contributed by atoms with van der Waals surface area (Å²) in [5, 5.41) is 8.22. The number of fused-ring (bicyclic) bond motifs is 6. The number of benzene rings is 5. The molecule has 4 heterocycles. The van der Waals surface area contributed by atoms with E-state index in [9.17, 15) is 4.79 Å². The third-order valence-electron chi connectivity index (χ3n) is 9.82. The second kappa shape index (κ2) is 10.6. The number of ketones is 1. The largest absolute Gasteiger partial charge is 0.341 e. The van der Waals surface area contributed by atoms with Crippen LogP contribution in [0.15, 0.2) is 91.0 Å². The molecule has 0 amide bonds. The van der Waals surface area contributed by atoms with Crippen LogP contribution >= 0.6 is 0 Å². The first-order chi connectivity index (χ1) is 22.2. The van der Waals surface area contributed by atoms with Gasteiger partial charge >= 0.3 is 0 Å². The van der Waals surface area contributed by atoms with Crippen molar-refractivity contribution in [1.29, 1.82) is 0 Å². The van der Waals surface area contributed by atoms with E-state index < -0.39 is 0 Å². The maximum absolute atomic E-state index is 13.0. The summed E-state index contributed by atoms with van der Waals surface area (Å²) in [5.74, 6) is 2.15. The number of aromatic amines is 2. The Morgan fingerprint density at radius 3 is 2.07 bits per heavy atom. The first-order valence-corrected chi connectivity index (χ1v) is 16.1. The first kappa shape index (κ1) is 26.5. The topological polar surface area (TPSA) is 89.7 Å². The van der Waals surface area contributed by atoms with Crippen LogP contribution in [0.2, 0.25) is 0 Å². The minimum Gasteiger partial charge on any atom is -0.341 e. The molecule has 3 N–H and O–H groups in total. The van der Waals surface area contributed by atoms with Crippen LogP contribution in [-0.4, -0.2) is 50.3 Å². The van der Waals surface area contributed by atoms with E-state index in [1.807, 2.05) is 30.3 Å². The summed E-state index contributed by atoms with van der Waals surface area (Å²) in [7, 11) is 0. The second-order valence-corrected chi connectivity index (χ2v) is 12.6. The second-order valence-electron chi connectivity index (χ2n) is 12.6. The predicted molar refractivity (Wildman–Crippen MR) is 180 cm³/mol. The Bertz CT molecular complexity index is 2230. The zero-order valence-electron chi connectivity index (χ0n) is 25.0. The lowest BCUT2D eigenvalue weighted by Crippen LogP contribution is -2.30. The van der Waals surface area contributed by atoms with Gasteiger partial charge in [0, 0.05) is 16.3 Å². The maximum Gasteiger partial charge on any atom is 0.176 e. The van der Waals surface area contributed by atoms with Gasteiger partial charge in [0.05, 0.1) is 40.7 Å². The van der Waals surface area contributed by atoms with Crippen LogP contribution in [-0.2, 0) is 0 Å². The summed E-state index contributed by atoms with van der Waals surface area (Å²) < 4.78 is 0. The molecule has 0 bridgehead atoms. The fourth-order valence-corrected chi connectivity index (χ4v) is 7.47. The van der Waals surface area contributed by atoms with E-state index in [0.29, 0.717) is 12.6 Å². The third kappa shape index (κ3) is 4.62. The van der Waals surface area contributed by atoms with Gasteiger partial charge < -0.3 is 15.3 Å². The minimum absolute atomic E-state index is 0.114. The lowest BCUT2D eigenvalue weighted by molar-refractivity contribution is 0.0919. The molecule has 7 heteroatoms. The molecular weight excluding hydrogens is 556 g/mol. The lowest BCUT2D eigenvalue weighted by atomic mass is 9.98. The average molecular weight is 591 g/mol. The van der Waals surface area contributed by atoms with Crippen LogP contribution in [0.3, 0.4) is 0 Å². The Morgan fingerprint density at radius 1 is 0.733 bits per heavy atom. The summed E-state index contributed by atoms with van der Waals surface area (Å²) >= 11 is 0. The molecule has 0 aliphatic carbocycles. The van der Waals surface area contributed by atoms with Crippen molar-refractivity contribution < 1.29 is 4.79 Å². The normalized spacial score (nSPS) is 19.0. The predicted octanol–water partition coefficient (Wildman–Crippen LogP) is 7.86. The van der Waals surface area contributed by atoms with E-state index in [1.54, 1.807) is 0 Å². The first-order valence-electron chi connectivity index (χ1n) is 16.1. The van der Waals surface area contributed by atoms with Crippen LogP contribution in [0.4, 0.5) is 0 Å². The number of Topliss-reactive ketones (excluding diaryl/α,β-unsaturated/α-hetero) is 1. The molecule has 45 heavy (non-hydrogen) atoms. The molecule has 0 unspecified atom stereocenters. The molecule has 2 saturated heterocycles. The Morgan fingerprint density at radius 2 is 1.40 bits per heavy atom. The molecule has 9 rings (SSSR count). The monoisotopic (exact) mass is 590 g/mol. The van der Waals surface area contributed by atoms with Gasteiger partial charge in [0.2, 0.25) is 0 Å². The SMILES string of the molecule is O=C(CN1CCC[C@H]1c1nc2c(ccc3cc(-c4ccc5c(ccc6[nH]c([C@@H]7CCCN7)nc65)c4)ccc32)[nH]1)c1ccccc1. The number of hydrogen-bond acceptors (Lipinski definition) is 5. The number of carbonyl (C=O) groups excluding carboxylic acids is 1. The third-order valence-corrected chi connectivity index (χ3v) is 9.82. The van der Waals surface area contributed by atoms with Gasteiger partial charge in [-0.3, -0.25) is 9.69 Å². The summed E-state index contributed by atoms with van der Waals surface area (Å²) in [5.41, 5.74) is 7.29. The molecule has 7 aromatic rings. The van der Waals surface area contributed by atoms with Gasteiger partial charge in [-0.1, -0.05) is 66.7 Å². The van der Waals surface area contributed by atoms with Crippen molar-refractivity contribution in [3.05, 3.63) is 108 Å². The number of hydrogen-bond donors (Lipinski definition) is 3. The zero-order valence-corrected chi connectivity index (χ0v) is 25.0. The Hall–Kier alpha value is -4.85. The number of H-pyrrole nitrogens is 2. The molecule has 0 radical (unpaired) electrons. The van der Waals surface area contributed by atoms with Crippen LogP contribution in [0.1, 0.15) is 59.8 Å². The number of carbonyl (C=O) groups is 1. The Labute approximate surface area is 260 Å². The molecule has 5 aromatic carbocycles. The highest BCUT2D eigenvalue weighted by Crippen LogP contribution is 2.36. The van der Waals surface area contributed by atoms with E-state index in [-0.39, 0.29) is 11.8 Å². The highest BCUT2D eigenvalue weighted by molar-refractivity contribution is 6.07. The number of nitrogens with zero attached hydrogens (tertiary/aromatic N) is 3. The fraction of sp³-hybridized carbons (Fsp3) is 0.237. The van der Waals surface area contributed by atoms with E-state index in [1.165, 1.54) is 28.3 Å². The molecule has 7 nitrogen and oxygen atoms in total. The molecule has 2 aliphatic heterocycles. The van der Waals surface area contributed by atoms with E-state index in [2.05, 4.69) is 80.8 Å². The summed E-state index contributed by atoms with van der Waals surface area (Å²) in [6.45, 7) is 2.37. The molecule has 2 aliphatic rings. The quantitative estimate of drug-likeness (QED) is 0.172. The molecule has 2 aromatic heterocycles. The van der Waals surface area contributed by atoms with Crippen LogP contribution in [0, 0.1) is 0 Å². The fourth-order valence-electron chi connectivity index (χ4n) is 7.47. The van der Waals surface area contributed by atoms with Gasteiger partial charge in [-0.15, -0.1) is 0 Å². The average Bonchev–Trinajstić information content (AvgIpc) is 3.90. The van der Waals surface area contributed by atoms with E-state index >= 15 is 0 Å². The van der Waals surface area contributed by atoms with Crippen LogP contribution < -0.4 is 5.32 Å². The number of rotatable bonds is 6. The number of likely N-dealkylation sites (tertiary alicyclic amines) is 1. The van der Waals surface area contributed by atoms with Crippen molar-refractivity contribution in [1.82, 2.24) is 30.2 Å². The molecular formula is C38H34N6O. The van der Waals surface area contributed by atoms with Crippen molar-refractivity contribution in [3.63, 3.8) is 0 Å². The van der Waals surface area contributed by atoms with Gasteiger partial charge in [0.15, 0.2) is 5.78 Å². The smallest absolute Gasteiger partial charge is 0.176 e. The highest BCUT2D eigenvalue weighted by Gasteiger charge is 2.30. The van der Waals surface area contributed by atoms with Crippen LogP contribution in [0.25, 0.3) is 54.7 Å². The van der Waals surface area contributed by atoms with Gasteiger partial charge in [-0.25, -0.2) is 9.97 Å². The molecule has 2 atom stereocenters. The number of aromatic nitrogens is 4. The van der Waals surface area contributed by atoms with Gasteiger partial charge in [-0.2, -0.15) is 0 Å². The number of imidazole rings is 2. The summed E-state index contributed by atoms with van der Waals surface area (Å²) in [6, 6.07) is 32.1. The van der Waals surface area contributed by atoms with Crippen molar-refractivity contribution in [2.45, 2.75) is 37.8 Å². The van der Waals surface area contributed by atoms with E-state index in [4.69, 9.17) is 9.97 Å².